The lowest BCUT2D eigenvalue weighted by molar-refractivity contribution is 0.177. The largest absolute Gasteiger partial charge is 0.445 e. The molecular weight excluding hydrogens is 252 g/mol. The highest BCUT2D eigenvalue weighted by molar-refractivity contribution is 7.80. The Morgan fingerprint density at radius 2 is 2.06 bits per heavy atom. The van der Waals surface area contributed by atoms with Crippen LogP contribution in [0.4, 0.5) is 10.5 Å². The van der Waals surface area contributed by atoms with Gasteiger partial charge in [0.05, 0.1) is 4.99 Å². The van der Waals surface area contributed by atoms with Crippen LogP contribution in [0.5, 0.6) is 0 Å². The first-order valence-corrected chi connectivity index (χ1v) is 5.70. The summed E-state index contributed by atoms with van der Waals surface area (Å²) >= 11 is 4.31. The number of amides is 1. The van der Waals surface area contributed by atoms with Crippen molar-refractivity contribution < 1.29 is 9.53 Å². The summed E-state index contributed by atoms with van der Waals surface area (Å²) in [5.74, 6) is 5.30. The van der Waals surface area contributed by atoms with Crippen LogP contribution >= 0.6 is 12.2 Å². The van der Waals surface area contributed by atoms with Gasteiger partial charge in [-0.3, -0.25) is 10.7 Å². The van der Waals surface area contributed by atoms with Gasteiger partial charge < -0.3 is 10.5 Å². The van der Waals surface area contributed by atoms with Crippen molar-refractivity contribution in [3.63, 3.8) is 0 Å². The molecular formula is C11H16N4O2S. The average molecular weight is 268 g/mol. The lowest BCUT2D eigenvalue weighted by Crippen LogP contribution is -2.47. The molecule has 1 heterocycles. The number of carbonyl (C=O) groups excluding carboxylic acids is 1. The number of para-hydroxylation sites is 1. The number of nitrogens with one attached hydrogen (secondary N) is 1. The summed E-state index contributed by atoms with van der Waals surface area (Å²) in [6, 6.07) is 9.26. The number of hydrogen-bond donors (Lipinski definition) is 3. The minimum Gasteiger partial charge on any atom is -0.445 e. The van der Waals surface area contributed by atoms with E-state index < -0.39 is 0 Å². The van der Waals surface area contributed by atoms with E-state index in [-0.39, 0.29) is 18.9 Å². The van der Waals surface area contributed by atoms with Crippen LogP contribution in [0, 0.1) is 0 Å². The molecule has 0 spiro atoms. The molecule has 18 heavy (non-hydrogen) atoms. The van der Waals surface area contributed by atoms with Crippen LogP contribution in [-0.4, -0.2) is 23.9 Å². The number of carbonyl (C=O) groups is 1. The Bertz CT molecular complexity index is 409. The average Bonchev–Trinajstić information content (AvgIpc) is 2.71. The lowest BCUT2D eigenvalue weighted by atomic mass is 10.3. The molecule has 1 fully saturated rings. The van der Waals surface area contributed by atoms with E-state index in [1.807, 2.05) is 30.3 Å². The van der Waals surface area contributed by atoms with Crippen molar-refractivity contribution in [2.75, 3.05) is 11.5 Å². The number of ether oxygens (including phenoxy) is 1. The van der Waals surface area contributed by atoms with Gasteiger partial charge in [0.15, 0.2) is 0 Å². The van der Waals surface area contributed by atoms with Gasteiger partial charge in [0.2, 0.25) is 0 Å². The maximum atomic E-state index is 11.4. The second-order valence-corrected chi connectivity index (χ2v) is 4.22. The molecule has 6 nitrogen and oxygen atoms in total. The Morgan fingerprint density at radius 1 is 1.50 bits per heavy atom. The number of nitrogens with zero attached hydrogens (tertiary/aromatic N) is 1. The first-order valence-electron chi connectivity index (χ1n) is 5.29. The monoisotopic (exact) mass is 268 g/mol. The molecule has 0 aromatic heterocycles. The molecule has 1 unspecified atom stereocenters. The van der Waals surface area contributed by atoms with Crippen LogP contribution in [0.15, 0.2) is 30.3 Å². The molecule has 0 radical (unpaired) electrons. The molecule has 0 bridgehead atoms. The first-order chi connectivity index (χ1) is 8.56. The number of cyclic esters (lactones) is 1. The standard InChI is InChI=1S/C9H11N3O2.C2H5NS/c10-11-8-6-14-9(13)12(8)7-4-2-1-3-5-7;1-2(3)4/h1-5,8,11H,6,10H2;1H3,(H2,3,4). The first kappa shape index (κ1) is 14.4. The number of rotatable bonds is 2. The van der Waals surface area contributed by atoms with Gasteiger partial charge in [-0.1, -0.05) is 30.4 Å². The van der Waals surface area contributed by atoms with Gasteiger partial charge >= 0.3 is 6.09 Å². The second-order valence-electron chi connectivity index (χ2n) is 3.58. The van der Waals surface area contributed by atoms with E-state index >= 15 is 0 Å². The van der Waals surface area contributed by atoms with Crippen molar-refractivity contribution in [1.29, 1.82) is 0 Å². The quantitative estimate of drug-likeness (QED) is 0.416. The Morgan fingerprint density at radius 3 is 2.56 bits per heavy atom. The van der Waals surface area contributed by atoms with Gasteiger partial charge in [-0.05, 0) is 19.1 Å². The van der Waals surface area contributed by atoms with Crippen molar-refractivity contribution in [2.45, 2.75) is 13.1 Å². The number of hydrogen-bond acceptors (Lipinski definition) is 5. The van der Waals surface area contributed by atoms with E-state index in [1.54, 1.807) is 6.92 Å². The van der Waals surface area contributed by atoms with Crippen LogP contribution in [0.1, 0.15) is 6.92 Å². The molecule has 1 aliphatic rings. The molecule has 1 aliphatic heterocycles. The molecule has 0 aliphatic carbocycles. The fraction of sp³-hybridized carbons (Fsp3) is 0.273. The zero-order valence-corrected chi connectivity index (χ0v) is 10.8. The number of nitrogens with two attached hydrogens (primary N) is 2. The van der Waals surface area contributed by atoms with Crippen molar-refractivity contribution in [3.05, 3.63) is 30.3 Å². The molecule has 1 amide bonds. The van der Waals surface area contributed by atoms with Crippen LogP contribution in [0.2, 0.25) is 0 Å². The maximum absolute atomic E-state index is 11.4. The highest BCUT2D eigenvalue weighted by Gasteiger charge is 2.33. The predicted molar refractivity (Wildman–Crippen MR) is 73.8 cm³/mol. The van der Waals surface area contributed by atoms with Crippen molar-refractivity contribution in [3.8, 4) is 0 Å². The van der Waals surface area contributed by atoms with Gasteiger partial charge in [0, 0.05) is 5.69 Å². The topological polar surface area (TPSA) is 93.6 Å². The zero-order valence-electron chi connectivity index (χ0n) is 10.00. The molecule has 7 heteroatoms. The van der Waals surface area contributed by atoms with Crippen LogP contribution in [-0.2, 0) is 4.74 Å². The van der Waals surface area contributed by atoms with Gasteiger partial charge in [-0.25, -0.2) is 10.2 Å². The zero-order chi connectivity index (χ0) is 13.5. The SMILES string of the molecule is CC(N)=S.NNC1COC(=O)N1c1ccccc1. The summed E-state index contributed by atoms with van der Waals surface area (Å²) < 4.78 is 4.87. The molecule has 1 atom stereocenters. The highest BCUT2D eigenvalue weighted by atomic mass is 32.1. The van der Waals surface area contributed by atoms with Gasteiger partial charge in [0.25, 0.3) is 0 Å². The van der Waals surface area contributed by atoms with Crippen LogP contribution < -0.4 is 21.9 Å². The molecule has 1 saturated heterocycles. The molecule has 5 N–H and O–H groups in total. The summed E-state index contributed by atoms with van der Waals surface area (Å²) in [5.41, 5.74) is 8.14. The van der Waals surface area contributed by atoms with Crippen molar-refractivity contribution in [1.82, 2.24) is 5.43 Å². The van der Waals surface area contributed by atoms with Gasteiger partial charge in [0.1, 0.15) is 12.8 Å². The van der Waals surface area contributed by atoms with E-state index in [1.165, 1.54) is 4.90 Å². The second kappa shape index (κ2) is 6.90. The normalized spacial score (nSPS) is 17.8. The highest BCUT2D eigenvalue weighted by Crippen LogP contribution is 2.20. The van der Waals surface area contributed by atoms with E-state index in [2.05, 4.69) is 17.6 Å². The third-order valence-corrected chi connectivity index (χ3v) is 2.10. The van der Waals surface area contributed by atoms with E-state index in [0.29, 0.717) is 4.99 Å². The lowest BCUT2D eigenvalue weighted by Gasteiger charge is -2.19. The summed E-state index contributed by atoms with van der Waals surface area (Å²) in [7, 11) is 0. The summed E-state index contributed by atoms with van der Waals surface area (Å²) in [6.07, 6.45) is -0.663. The maximum Gasteiger partial charge on any atom is 0.415 e. The third-order valence-electron chi connectivity index (χ3n) is 2.10. The number of benzene rings is 1. The van der Waals surface area contributed by atoms with Crippen LogP contribution in [0.25, 0.3) is 0 Å². The minimum atomic E-state index is -0.376. The minimum absolute atomic E-state index is 0.268. The Kier molecular flexibility index (Phi) is 5.50. The third kappa shape index (κ3) is 3.95. The van der Waals surface area contributed by atoms with Crippen molar-refractivity contribution >= 4 is 29.0 Å². The Labute approximate surface area is 111 Å². The molecule has 2 rings (SSSR count). The van der Waals surface area contributed by atoms with Gasteiger partial charge in [-0.15, -0.1) is 0 Å². The summed E-state index contributed by atoms with van der Waals surface area (Å²) in [5, 5.41) is 0. The fourth-order valence-corrected chi connectivity index (χ4v) is 1.42. The fourth-order valence-electron chi connectivity index (χ4n) is 1.42. The molecule has 0 saturated carbocycles. The van der Waals surface area contributed by atoms with E-state index in [0.717, 1.165) is 5.69 Å². The number of thiocarbonyl (C=S) groups is 1. The van der Waals surface area contributed by atoms with E-state index in [9.17, 15) is 4.79 Å². The van der Waals surface area contributed by atoms with Gasteiger partial charge in [-0.2, -0.15) is 0 Å². The number of anilines is 1. The number of hydrazine groups is 1. The van der Waals surface area contributed by atoms with E-state index in [4.69, 9.17) is 16.3 Å². The Balaban J connectivity index is 0.000000357. The summed E-state index contributed by atoms with van der Waals surface area (Å²) in [4.78, 5) is 13.3. The summed E-state index contributed by atoms with van der Waals surface area (Å²) in [6.45, 7) is 1.94. The van der Waals surface area contributed by atoms with Crippen LogP contribution in [0.3, 0.4) is 0 Å². The van der Waals surface area contributed by atoms with Crippen molar-refractivity contribution in [2.24, 2.45) is 11.6 Å². The molecule has 1 aromatic carbocycles. The smallest absolute Gasteiger partial charge is 0.415 e. The molecule has 98 valence electrons. The predicted octanol–water partition coefficient (Wildman–Crippen LogP) is 0.725. The Hall–Kier alpha value is -1.70. The molecule has 1 aromatic rings.